The number of rotatable bonds is 4. The molecule has 0 unspecified atom stereocenters. The first-order valence-electron chi connectivity index (χ1n) is 13.9. The maximum atomic E-state index is 3.78. The molecule has 1 N–H and O–H groups in total. The summed E-state index contributed by atoms with van der Waals surface area (Å²) in [6.07, 6.45) is 0. The summed E-state index contributed by atoms with van der Waals surface area (Å²) < 4.78 is 0. The van der Waals surface area contributed by atoms with Crippen LogP contribution in [-0.2, 0) is 5.41 Å². The first-order valence-corrected chi connectivity index (χ1v) is 13.9. The minimum atomic E-state index is -0.437. The zero-order valence-corrected chi connectivity index (χ0v) is 22.0. The van der Waals surface area contributed by atoms with Crippen LogP contribution in [0.4, 0.5) is 11.4 Å². The van der Waals surface area contributed by atoms with Gasteiger partial charge in [0.1, 0.15) is 0 Å². The van der Waals surface area contributed by atoms with Gasteiger partial charge < -0.3 is 5.32 Å². The second-order valence-corrected chi connectivity index (χ2v) is 10.6. The Kier molecular flexibility index (Phi) is 5.11. The summed E-state index contributed by atoms with van der Waals surface area (Å²) >= 11 is 0. The third-order valence-electron chi connectivity index (χ3n) is 8.49. The number of anilines is 2. The fourth-order valence-electron chi connectivity index (χ4n) is 6.74. The number of hydrogen-bond donors (Lipinski definition) is 1. The van der Waals surface area contributed by atoms with Gasteiger partial charge in [-0.2, -0.15) is 0 Å². The van der Waals surface area contributed by atoms with Crippen molar-refractivity contribution in [3.05, 3.63) is 180 Å². The molecule has 0 fully saturated rings. The maximum Gasteiger partial charge on any atom is 0.0714 e. The number of hydrogen-bond acceptors (Lipinski definition) is 1. The van der Waals surface area contributed by atoms with Gasteiger partial charge in [-0.05, 0) is 79.9 Å². The van der Waals surface area contributed by atoms with Gasteiger partial charge in [-0.3, -0.25) is 0 Å². The summed E-state index contributed by atoms with van der Waals surface area (Å²) in [6, 6.07) is 57.4. The first-order chi connectivity index (χ1) is 19.8. The molecule has 0 aromatic heterocycles. The van der Waals surface area contributed by atoms with Gasteiger partial charge in [-0.15, -0.1) is 0 Å². The van der Waals surface area contributed by atoms with E-state index < -0.39 is 5.41 Å². The van der Waals surface area contributed by atoms with E-state index in [1.807, 2.05) is 0 Å². The molecule has 0 radical (unpaired) electrons. The molecule has 0 aliphatic heterocycles. The number of benzene rings is 7. The molecular formula is C39H27N. The van der Waals surface area contributed by atoms with Crippen molar-refractivity contribution >= 4 is 32.9 Å². The summed E-state index contributed by atoms with van der Waals surface area (Å²) in [5, 5.41) is 8.76. The molecule has 40 heavy (non-hydrogen) atoms. The largest absolute Gasteiger partial charge is 0.355 e. The first kappa shape index (κ1) is 22.8. The van der Waals surface area contributed by atoms with Crippen molar-refractivity contribution in [3.63, 3.8) is 0 Å². The molecule has 0 saturated carbocycles. The van der Waals surface area contributed by atoms with Crippen LogP contribution in [0.2, 0.25) is 0 Å². The Hall–Kier alpha value is -5.14. The molecule has 0 heterocycles. The molecule has 188 valence electrons. The molecule has 0 atom stereocenters. The Balaban J connectivity index is 1.42. The maximum absolute atomic E-state index is 3.78. The third kappa shape index (κ3) is 3.34. The van der Waals surface area contributed by atoms with Crippen LogP contribution in [0.3, 0.4) is 0 Å². The molecule has 1 nitrogen and oxygen atoms in total. The molecule has 7 aromatic carbocycles. The Morgan fingerprint density at radius 3 is 1.70 bits per heavy atom. The van der Waals surface area contributed by atoms with Gasteiger partial charge in [0.25, 0.3) is 0 Å². The van der Waals surface area contributed by atoms with Crippen molar-refractivity contribution in [2.45, 2.75) is 5.41 Å². The highest BCUT2D eigenvalue weighted by Gasteiger charge is 2.46. The predicted molar refractivity (Wildman–Crippen MR) is 168 cm³/mol. The summed E-state index contributed by atoms with van der Waals surface area (Å²) in [7, 11) is 0. The summed E-state index contributed by atoms with van der Waals surface area (Å²) in [5.74, 6) is 0. The van der Waals surface area contributed by atoms with Gasteiger partial charge in [0.15, 0.2) is 0 Å². The van der Waals surface area contributed by atoms with Gasteiger partial charge in [-0.1, -0.05) is 127 Å². The van der Waals surface area contributed by atoms with Crippen molar-refractivity contribution < 1.29 is 0 Å². The summed E-state index contributed by atoms with van der Waals surface area (Å²) in [4.78, 5) is 0. The molecule has 8 rings (SSSR count). The van der Waals surface area contributed by atoms with Crippen LogP contribution in [0.5, 0.6) is 0 Å². The SMILES string of the molecule is c1ccc(C2(c3ccccc3)c3cc(Nc4cccc5ccccc45)ccc3-c3cc4ccccc4cc32)cc1. The van der Waals surface area contributed by atoms with E-state index in [-0.39, 0.29) is 0 Å². The van der Waals surface area contributed by atoms with Gasteiger partial charge in [0, 0.05) is 16.8 Å². The lowest BCUT2D eigenvalue weighted by atomic mass is 9.67. The molecule has 1 heteroatoms. The lowest BCUT2D eigenvalue weighted by molar-refractivity contribution is 0.770. The second kappa shape index (κ2) is 8.97. The Morgan fingerprint density at radius 2 is 0.975 bits per heavy atom. The second-order valence-electron chi connectivity index (χ2n) is 10.6. The zero-order chi connectivity index (χ0) is 26.5. The fourth-order valence-corrected chi connectivity index (χ4v) is 6.74. The van der Waals surface area contributed by atoms with Gasteiger partial charge in [0.05, 0.1) is 5.41 Å². The van der Waals surface area contributed by atoms with Crippen molar-refractivity contribution in [3.8, 4) is 11.1 Å². The van der Waals surface area contributed by atoms with E-state index in [4.69, 9.17) is 0 Å². The topological polar surface area (TPSA) is 12.0 Å². The van der Waals surface area contributed by atoms with Crippen LogP contribution >= 0.6 is 0 Å². The third-order valence-corrected chi connectivity index (χ3v) is 8.49. The van der Waals surface area contributed by atoms with Gasteiger partial charge in [-0.25, -0.2) is 0 Å². The van der Waals surface area contributed by atoms with Crippen LogP contribution in [0.15, 0.2) is 158 Å². The standard InChI is InChI=1S/C39H27N/c1-3-16-30(17-4-1)39(31-18-5-2-6-19-31)36-25-29-14-8-7-13-28(29)24-35(36)34-23-22-32(26-37(34)39)40-38-21-11-15-27-12-9-10-20-33(27)38/h1-26,40H. The highest BCUT2D eigenvalue weighted by atomic mass is 14.9. The fraction of sp³-hybridized carbons (Fsp3) is 0.0256. The van der Waals surface area contributed by atoms with Crippen LogP contribution in [0.25, 0.3) is 32.7 Å². The monoisotopic (exact) mass is 509 g/mol. The molecule has 0 bridgehead atoms. The predicted octanol–water partition coefficient (Wildman–Crippen LogP) is 10.1. The van der Waals surface area contributed by atoms with E-state index in [9.17, 15) is 0 Å². The van der Waals surface area contributed by atoms with E-state index in [1.165, 1.54) is 54.9 Å². The van der Waals surface area contributed by atoms with Gasteiger partial charge >= 0.3 is 0 Å². The quantitative estimate of drug-likeness (QED) is 0.249. The lowest BCUT2D eigenvalue weighted by Crippen LogP contribution is -2.28. The van der Waals surface area contributed by atoms with Gasteiger partial charge in [0.2, 0.25) is 0 Å². The van der Waals surface area contributed by atoms with E-state index in [1.54, 1.807) is 0 Å². The van der Waals surface area contributed by atoms with Crippen molar-refractivity contribution in [2.24, 2.45) is 0 Å². The van der Waals surface area contributed by atoms with E-state index in [0.29, 0.717) is 0 Å². The molecule has 0 amide bonds. The van der Waals surface area contributed by atoms with Crippen molar-refractivity contribution in [1.29, 1.82) is 0 Å². The summed E-state index contributed by atoms with van der Waals surface area (Å²) in [5.41, 5.74) is 9.55. The summed E-state index contributed by atoms with van der Waals surface area (Å²) in [6.45, 7) is 0. The van der Waals surface area contributed by atoms with Crippen LogP contribution < -0.4 is 5.32 Å². The molecule has 1 aliphatic rings. The van der Waals surface area contributed by atoms with Crippen molar-refractivity contribution in [2.75, 3.05) is 5.32 Å². The normalized spacial score (nSPS) is 13.2. The Labute approximate surface area is 234 Å². The molecule has 0 spiro atoms. The van der Waals surface area contributed by atoms with E-state index >= 15 is 0 Å². The number of nitrogens with one attached hydrogen (secondary N) is 1. The average Bonchev–Trinajstić information content (AvgIpc) is 3.30. The minimum absolute atomic E-state index is 0.437. The highest BCUT2D eigenvalue weighted by Crippen LogP contribution is 2.57. The Morgan fingerprint density at radius 1 is 0.400 bits per heavy atom. The molecular weight excluding hydrogens is 482 g/mol. The van der Waals surface area contributed by atoms with Crippen LogP contribution in [-0.4, -0.2) is 0 Å². The average molecular weight is 510 g/mol. The number of fused-ring (bicyclic) bond motifs is 5. The van der Waals surface area contributed by atoms with Crippen LogP contribution in [0.1, 0.15) is 22.3 Å². The van der Waals surface area contributed by atoms with Crippen molar-refractivity contribution in [1.82, 2.24) is 0 Å². The molecule has 1 aliphatic carbocycles. The smallest absolute Gasteiger partial charge is 0.0714 e. The Bertz CT molecular complexity index is 1980. The minimum Gasteiger partial charge on any atom is -0.355 e. The molecule has 0 saturated heterocycles. The zero-order valence-electron chi connectivity index (χ0n) is 22.0. The van der Waals surface area contributed by atoms with E-state index in [2.05, 4.69) is 163 Å². The lowest BCUT2D eigenvalue weighted by Gasteiger charge is -2.34. The van der Waals surface area contributed by atoms with E-state index in [0.717, 1.165) is 11.4 Å². The highest BCUT2D eigenvalue weighted by molar-refractivity contribution is 5.98. The molecule has 7 aromatic rings. The van der Waals surface area contributed by atoms with Crippen LogP contribution in [0, 0.1) is 0 Å².